The Balaban J connectivity index is 2.48. The highest BCUT2D eigenvalue weighted by Crippen LogP contribution is 2.25. The lowest BCUT2D eigenvalue weighted by molar-refractivity contribution is 0.868. The fourth-order valence-electron chi connectivity index (χ4n) is 1.93. The van der Waals surface area contributed by atoms with Crippen molar-refractivity contribution in [2.75, 3.05) is 11.9 Å². The van der Waals surface area contributed by atoms with Crippen LogP contribution >= 0.6 is 0 Å². The summed E-state index contributed by atoms with van der Waals surface area (Å²) < 4.78 is 0. The summed E-state index contributed by atoms with van der Waals surface area (Å²) in [6, 6.07) is 8.71. The highest BCUT2D eigenvalue weighted by molar-refractivity contribution is 5.92. The molecule has 0 bridgehead atoms. The first-order chi connectivity index (χ1) is 8.22. The number of hydrogen-bond donors (Lipinski definition) is 1. The molecular weight excluding hydrogens is 208 g/mol. The van der Waals surface area contributed by atoms with Crippen LogP contribution in [0.15, 0.2) is 30.5 Å². The quantitative estimate of drug-likeness (QED) is 0.849. The van der Waals surface area contributed by atoms with Gasteiger partial charge in [0, 0.05) is 18.1 Å². The number of benzene rings is 1. The Hall–Kier alpha value is -1.57. The second kappa shape index (κ2) is 5.17. The lowest BCUT2D eigenvalue weighted by Crippen LogP contribution is -2.02. The average Bonchev–Trinajstić information content (AvgIpc) is 2.35. The van der Waals surface area contributed by atoms with Crippen molar-refractivity contribution in [3.63, 3.8) is 0 Å². The Morgan fingerprint density at radius 1 is 1.24 bits per heavy atom. The van der Waals surface area contributed by atoms with Crippen molar-refractivity contribution < 1.29 is 0 Å². The van der Waals surface area contributed by atoms with Crippen LogP contribution in [0.5, 0.6) is 0 Å². The Kier molecular flexibility index (Phi) is 3.62. The molecule has 0 amide bonds. The molecule has 0 saturated heterocycles. The van der Waals surface area contributed by atoms with Gasteiger partial charge in [-0.25, -0.2) is 4.98 Å². The zero-order valence-electron chi connectivity index (χ0n) is 10.8. The molecule has 0 saturated carbocycles. The maximum Gasteiger partial charge on any atom is 0.133 e. The Morgan fingerprint density at radius 2 is 2.06 bits per heavy atom. The van der Waals surface area contributed by atoms with E-state index in [9.17, 15) is 0 Å². The van der Waals surface area contributed by atoms with Gasteiger partial charge in [0.25, 0.3) is 0 Å². The van der Waals surface area contributed by atoms with Gasteiger partial charge in [-0.3, -0.25) is 0 Å². The molecule has 2 rings (SSSR count). The highest BCUT2D eigenvalue weighted by Gasteiger charge is 2.05. The minimum atomic E-state index is 0.554. The molecule has 0 aliphatic heterocycles. The van der Waals surface area contributed by atoms with Gasteiger partial charge in [0.2, 0.25) is 0 Å². The van der Waals surface area contributed by atoms with Crippen LogP contribution in [0.25, 0.3) is 10.8 Å². The van der Waals surface area contributed by atoms with Crippen LogP contribution in [0.4, 0.5) is 5.82 Å². The monoisotopic (exact) mass is 228 g/mol. The standard InChI is InChI=1S/C15H20N2/c1-4-8-16-15-14-10-13(11(2)3)6-5-12(14)7-9-17-15/h5-7,9-11H,4,8H2,1-3H3,(H,16,17). The Morgan fingerprint density at radius 3 is 2.76 bits per heavy atom. The van der Waals surface area contributed by atoms with Crippen LogP contribution in [0.3, 0.4) is 0 Å². The van der Waals surface area contributed by atoms with E-state index in [0.717, 1.165) is 18.8 Å². The van der Waals surface area contributed by atoms with Crippen molar-refractivity contribution in [1.82, 2.24) is 4.98 Å². The van der Waals surface area contributed by atoms with E-state index in [1.807, 2.05) is 6.20 Å². The van der Waals surface area contributed by atoms with E-state index in [4.69, 9.17) is 0 Å². The predicted octanol–water partition coefficient (Wildman–Crippen LogP) is 4.18. The number of nitrogens with one attached hydrogen (secondary N) is 1. The molecule has 0 spiro atoms. The average molecular weight is 228 g/mol. The van der Waals surface area contributed by atoms with E-state index in [1.165, 1.54) is 16.3 Å². The molecule has 0 aliphatic rings. The zero-order valence-corrected chi connectivity index (χ0v) is 10.8. The van der Waals surface area contributed by atoms with Crippen LogP contribution in [-0.4, -0.2) is 11.5 Å². The predicted molar refractivity (Wildman–Crippen MR) is 74.6 cm³/mol. The number of pyridine rings is 1. The highest BCUT2D eigenvalue weighted by atomic mass is 15.0. The molecule has 2 nitrogen and oxygen atoms in total. The van der Waals surface area contributed by atoms with Gasteiger partial charge in [-0.05, 0) is 35.4 Å². The first-order valence-corrected chi connectivity index (χ1v) is 6.35. The van der Waals surface area contributed by atoms with E-state index in [-0.39, 0.29) is 0 Å². The fourth-order valence-corrected chi connectivity index (χ4v) is 1.93. The van der Waals surface area contributed by atoms with Crippen LogP contribution in [-0.2, 0) is 0 Å². The second-order valence-electron chi connectivity index (χ2n) is 4.72. The lowest BCUT2D eigenvalue weighted by Gasteiger charge is -2.11. The summed E-state index contributed by atoms with van der Waals surface area (Å²) in [4.78, 5) is 4.43. The second-order valence-corrected chi connectivity index (χ2v) is 4.72. The number of rotatable bonds is 4. The molecular formula is C15H20N2. The number of hydrogen-bond acceptors (Lipinski definition) is 2. The van der Waals surface area contributed by atoms with Crippen LogP contribution < -0.4 is 5.32 Å². The molecule has 90 valence electrons. The number of fused-ring (bicyclic) bond motifs is 1. The summed E-state index contributed by atoms with van der Waals surface area (Å²) >= 11 is 0. The zero-order chi connectivity index (χ0) is 12.3. The van der Waals surface area contributed by atoms with Gasteiger partial charge in [-0.1, -0.05) is 32.9 Å². The molecule has 0 unspecified atom stereocenters. The number of nitrogens with zero attached hydrogens (tertiary/aromatic N) is 1. The molecule has 0 fully saturated rings. The molecule has 1 N–H and O–H groups in total. The topological polar surface area (TPSA) is 24.9 Å². The van der Waals surface area contributed by atoms with Crippen molar-refractivity contribution in [3.8, 4) is 0 Å². The normalized spacial score (nSPS) is 11.1. The number of anilines is 1. The first kappa shape index (κ1) is 11.9. The van der Waals surface area contributed by atoms with Gasteiger partial charge >= 0.3 is 0 Å². The van der Waals surface area contributed by atoms with E-state index >= 15 is 0 Å². The summed E-state index contributed by atoms with van der Waals surface area (Å²) in [5.41, 5.74) is 1.37. The largest absolute Gasteiger partial charge is 0.370 e. The third-order valence-electron chi connectivity index (χ3n) is 3.00. The summed E-state index contributed by atoms with van der Waals surface area (Å²) in [5, 5.41) is 5.87. The molecule has 1 heterocycles. The van der Waals surface area contributed by atoms with Gasteiger partial charge in [0.05, 0.1) is 0 Å². The number of aromatic nitrogens is 1. The molecule has 0 radical (unpaired) electrons. The van der Waals surface area contributed by atoms with Crippen LogP contribution in [0, 0.1) is 0 Å². The molecule has 1 aromatic carbocycles. The van der Waals surface area contributed by atoms with Crippen molar-refractivity contribution in [2.45, 2.75) is 33.1 Å². The molecule has 0 aliphatic carbocycles. The molecule has 17 heavy (non-hydrogen) atoms. The van der Waals surface area contributed by atoms with Crippen LogP contribution in [0.1, 0.15) is 38.7 Å². The first-order valence-electron chi connectivity index (χ1n) is 6.35. The van der Waals surface area contributed by atoms with Crippen molar-refractivity contribution in [1.29, 1.82) is 0 Å². The molecule has 1 aromatic heterocycles. The summed E-state index contributed by atoms with van der Waals surface area (Å²) in [6.45, 7) is 7.57. The van der Waals surface area contributed by atoms with E-state index in [0.29, 0.717) is 5.92 Å². The minimum Gasteiger partial charge on any atom is -0.370 e. The van der Waals surface area contributed by atoms with E-state index in [1.54, 1.807) is 0 Å². The smallest absolute Gasteiger partial charge is 0.133 e. The van der Waals surface area contributed by atoms with Crippen molar-refractivity contribution in [2.24, 2.45) is 0 Å². The van der Waals surface area contributed by atoms with Crippen molar-refractivity contribution >= 4 is 16.6 Å². The molecule has 2 heteroatoms. The van der Waals surface area contributed by atoms with Gasteiger partial charge in [0.15, 0.2) is 0 Å². The van der Waals surface area contributed by atoms with Gasteiger partial charge in [-0.15, -0.1) is 0 Å². The lowest BCUT2D eigenvalue weighted by atomic mass is 10.00. The van der Waals surface area contributed by atoms with Crippen LogP contribution in [0.2, 0.25) is 0 Å². The van der Waals surface area contributed by atoms with Gasteiger partial charge in [-0.2, -0.15) is 0 Å². The van der Waals surface area contributed by atoms with E-state index < -0.39 is 0 Å². The minimum absolute atomic E-state index is 0.554. The fraction of sp³-hybridized carbons (Fsp3) is 0.400. The maximum absolute atomic E-state index is 4.43. The third-order valence-corrected chi connectivity index (χ3v) is 3.00. The summed E-state index contributed by atoms with van der Waals surface area (Å²) in [7, 11) is 0. The van der Waals surface area contributed by atoms with Gasteiger partial charge in [0.1, 0.15) is 5.82 Å². The summed E-state index contributed by atoms with van der Waals surface area (Å²) in [6.07, 6.45) is 2.98. The molecule has 2 aromatic rings. The SMILES string of the molecule is CCCNc1nccc2ccc(C(C)C)cc12. The van der Waals surface area contributed by atoms with Crippen molar-refractivity contribution in [3.05, 3.63) is 36.0 Å². The molecule has 0 atom stereocenters. The Labute approximate surface area is 103 Å². The van der Waals surface area contributed by atoms with Gasteiger partial charge < -0.3 is 5.32 Å². The Bertz CT molecular complexity index is 503. The summed E-state index contributed by atoms with van der Waals surface area (Å²) in [5.74, 6) is 1.56. The maximum atomic E-state index is 4.43. The van der Waals surface area contributed by atoms with E-state index in [2.05, 4.69) is 55.3 Å². The third kappa shape index (κ3) is 2.57.